The van der Waals surface area contributed by atoms with E-state index in [-0.39, 0.29) is 5.41 Å². The topological polar surface area (TPSA) is 20.2 Å². The van der Waals surface area contributed by atoms with E-state index in [4.69, 9.17) is 0 Å². The zero-order valence-corrected chi connectivity index (χ0v) is 7.52. The molecule has 0 saturated heterocycles. The Balaban J connectivity index is 2.42. The van der Waals surface area contributed by atoms with Crippen molar-refractivity contribution in [2.24, 2.45) is 11.3 Å². The lowest BCUT2D eigenvalue weighted by atomic mass is 9.48. The van der Waals surface area contributed by atoms with Gasteiger partial charge in [0.2, 0.25) is 0 Å². The fraction of sp³-hybridized carbons (Fsp3) is 0.800. The normalized spacial score (nSPS) is 46.2. The van der Waals surface area contributed by atoms with Gasteiger partial charge in [-0.1, -0.05) is 32.4 Å². The largest absolute Gasteiger partial charge is 0.388 e. The Kier molecular flexibility index (Phi) is 1.15. The van der Waals surface area contributed by atoms with Crippen molar-refractivity contribution in [1.82, 2.24) is 0 Å². The minimum Gasteiger partial charge on any atom is -0.388 e. The Morgan fingerprint density at radius 1 is 1.55 bits per heavy atom. The highest BCUT2D eigenvalue weighted by Crippen LogP contribution is 2.61. The summed E-state index contributed by atoms with van der Waals surface area (Å²) in [5.74, 6) is 0.440. The van der Waals surface area contributed by atoms with Crippen molar-refractivity contribution >= 4 is 0 Å². The number of hydrogen-bond acceptors (Lipinski definition) is 1. The highest BCUT2D eigenvalue weighted by Gasteiger charge is 2.59. The second kappa shape index (κ2) is 1.71. The van der Waals surface area contributed by atoms with Crippen molar-refractivity contribution in [3.63, 3.8) is 0 Å². The van der Waals surface area contributed by atoms with Gasteiger partial charge in [0.05, 0.1) is 5.60 Å². The first kappa shape index (κ1) is 7.35. The summed E-state index contributed by atoms with van der Waals surface area (Å²) in [5.41, 5.74) is 1.12. The predicted octanol–water partition coefficient (Wildman–Crippen LogP) is 2.11. The molecule has 1 fully saturated rings. The van der Waals surface area contributed by atoms with Crippen LogP contribution in [0.5, 0.6) is 0 Å². The number of rotatable bonds is 0. The third-order valence-corrected chi connectivity index (χ3v) is 3.88. The summed E-state index contributed by atoms with van der Waals surface area (Å²) < 4.78 is 0. The lowest BCUT2D eigenvalue weighted by molar-refractivity contribution is -0.147. The smallest absolute Gasteiger partial charge is 0.0800 e. The van der Waals surface area contributed by atoms with Crippen molar-refractivity contribution in [3.05, 3.63) is 11.6 Å². The standard InChI is InChI=1S/C10H16O/c1-7-4-5-8-6-10(7,11)9(8,2)3/h5,7,11H,4,6H2,1-3H3. The Hall–Kier alpha value is -0.300. The fourth-order valence-electron chi connectivity index (χ4n) is 2.54. The molecular weight excluding hydrogens is 136 g/mol. The van der Waals surface area contributed by atoms with Crippen LogP contribution in [0, 0.1) is 11.3 Å². The van der Waals surface area contributed by atoms with Gasteiger partial charge in [0, 0.05) is 5.41 Å². The third-order valence-electron chi connectivity index (χ3n) is 3.88. The second-order valence-electron chi connectivity index (χ2n) is 4.59. The van der Waals surface area contributed by atoms with Crippen molar-refractivity contribution in [2.75, 3.05) is 0 Å². The molecule has 2 unspecified atom stereocenters. The zero-order valence-electron chi connectivity index (χ0n) is 7.52. The molecule has 0 radical (unpaired) electrons. The number of aliphatic hydroxyl groups is 1. The van der Waals surface area contributed by atoms with Crippen LogP contribution in [0.2, 0.25) is 0 Å². The number of allylic oxidation sites excluding steroid dienone is 1. The molecule has 3 aliphatic rings. The van der Waals surface area contributed by atoms with Crippen LogP contribution in [0.3, 0.4) is 0 Å². The van der Waals surface area contributed by atoms with Gasteiger partial charge in [0.25, 0.3) is 0 Å². The maximum atomic E-state index is 10.2. The molecule has 0 aliphatic heterocycles. The highest BCUT2D eigenvalue weighted by molar-refractivity contribution is 5.36. The van der Waals surface area contributed by atoms with Crippen LogP contribution in [0.4, 0.5) is 0 Å². The molecule has 1 N–H and O–H groups in total. The van der Waals surface area contributed by atoms with Crippen molar-refractivity contribution in [2.45, 2.75) is 39.2 Å². The molecule has 0 amide bonds. The minimum absolute atomic E-state index is 0.0602. The van der Waals surface area contributed by atoms with Gasteiger partial charge in [-0.2, -0.15) is 0 Å². The van der Waals surface area contributed by atoms with Gasteiger partial charge in [-0.05, 0) is 18.8 Å². The molecule has 1 saturated carbocycles. The maximum Gasteiger partial charge on any atom is 0.0800 e. The summed E-state index contributed by atoms with van der Waals surface area (Å²) in [5, 5.41) is 10.2. The average molecular weight is 152 g/mol. The molecule has 62 valence electrons. The van der Waals surface area contributed by atoms with Gasteiger partial charge in [-0.15, -0.1) is 0 Å². The SMILES string of the molecule is CC1CC=C2CC1(O)C2(C)C. The minimum atomic E-state index is -0.392. The van der Waals surface area contributed by atoms with Crippen molar-refractivity contribution in [3.8, 4) is 0 Å². The lowest BCUT2D eigenvalue weighted by Gasteiger charge is -2.60. The molecule has 0 aromatic carbocycles. The first-order chi connectivity index (χ1) is 4.98. The summed E-state index contributed by atoms with van der Waals surface area (Å²) in [7, 11) is 0. The molecule has 1 nitrogen and oxygen atoms in total. The van der Waals surface area contributed by atoms with Crippen LogP contribution >= 0.6 is 0 Å². The summed E-state index contributed by atoms with van der Waals surface area (Å²) >= 11 is 0. The molecule has 2 bridgehead atoms. The van der Waals surface area contributed by atoms with Crippen molar-refractivity contribution in [1.29, 1.82) is 0 Å². The van der Waals surface area contributed by atoms with E-state index in [0.29, 0.717) is 5.92 Å². The average Bonchev–Trinajstić information content (AvgIpc) is 1.94. The Labute approximate surface area is 68.1 Å². The molecule has 11 heavy (non-hydrogen) atoms. The third kappa shape index (κ3) is 0.610. The summed E-state index contributed by atoms with van der Waals surface area (Å²) in [6.07, 6.45) is 4.29. The summed E-state index contributed by atoms with van der Waals surface area (Å²) in [6, 6.07) is 0. The first-order valence-corrected chi connectivity index (χ1v) is 4.40. The molecule has 3 rings (SSSR count). The van der Waals surface area contributed by atoms with E-state index in [1.165, 1.54) is 5.57 Å². The molecule has 0 heterocycles. The molecule has 3 aliphatic carbocycles. The first-order valence-electron chi connectivity index (χ1n) is 4.40. The molecule has 0 aromatic rings. The monoisotopic (exact) mass is 152 g/mol. The highest BCUT2D eigenvalue weighted by atomic mass is 16.3. The quantitative estimate of drug-likeness (QED) is 0.527. The molecular formula is C10H16O. The molecule has 0 aromatic heterocycles. The summed E-state index contributed by atoms with van der Waals surface area (Å²) in [6.45, 7) is 6.45. The van der Waals surface area contributed by atoms with Crippen LogP contribution in [0.15, 0.2) is 11.6 Å². The van der Waals surface area contributed by atoms with Gasteiger partial charge in [0.1, 0.15) is 0 Å². The van der Waals surface area contributed by atoms with Crippen LogP contribution in [-0.4, -0.2) is 10.7 Å². The fourth-order valence-corrected chi connectivity index (χ4v) is 2.54. The molecule has 2 atom stereocenters. The van der Waals surface area contributed by atoms with Gasteiger partial charge in [-0.25, -0.2) is 0 Å². The van der Waals surface area contributed by atoms with Gasteiger partial charge >= 0.3 is 0 Å². The second-order valence-corrected chi connectivity index (χ2v) is 4.59. The van der Waals surface area contributed by atoms with Gasteiger partial charge in [-0.3, -0.25) is 0 Å². The summed E-state index contributed by atoms with van der Waals surface area (Å²) in [4.78, 5) is 0. The maximum absolute atomic E-state index is 10.2. The van der Waals surface area contributed by atoms with Crippen LogP contribution in [-0.2, 0) is 0 Å². The molecule has 1 heteroatoms. The number of fused-ring (bicyclic) bond motifs is 2. The van der Waals surface area contributed by atoms with Crippen molar-refractivity contribution < 1.29 is 5.11 Å². The van der Waals surface area contributed by atoms with E-state index in [9.17, 15) is 5.11 Å². The van der Waals surface area contributed by atoms with Gasteiger partial charge in [0.15, 0.2) is 0 Å². The van der Waals surface area contributed by atoms with Crippen LogP contribution < -0.4 is 0 Å². The Morgan fingerprint density at radius 3 is 2.55 bits per heavy atom. The molecule has 0 spiro atoms. The van der Waals surface area contributed by atoms with E-state index in [1.54, 1.807) is 0 Å². The van der Waals surface area contributed by atoms with E-state index in [2.05, 4.69) is 26.8 Å². The van der Waals surface area contributed by atoms with E-state index in [0.717, 1.165) is 12.8 Å². The van der Waals surface area contributed by atoms with E-state index >= 15 is 0 Å². The lowest BCUT2D eigenvalue weighted by Crippen LogP contribution is -2.61. The predicted molar refractivity (Wildman–Crippen MR) is 45.2 cm³/mol. The Bertz CT molecular complexity index is 227. The van der Waals surface area contributed by atoms with Crippen LogP contribution in [0.1, 0.15) is 33.6 Å². The zero-order chi connectivity index (χ0) is 8.28. The number of hydrogen-bond donors (Lipinski definition) is 1. The van der Waals surface area contributed by atoms with E-state index in [1.807, 2.05) is 0 Å². The van der Waals surface area contributed by atoms with Crippen LogP contribution in [0.25, 0.3) is 0 Å². The Morgan fingerprint density at radius 2 is 2.18 bits per heavy atom. The van der Waals surface area contributed by atoms with Gasteiger partial charge < -0.3 is 5.11 Å². The van der Waals surface area contributed by atoms with E-state index < -0.39 is 5.60 Å².